The number of nitrogens with two attached hydrogens (primary N) is 1. The van der Waals surface area contributed by atoms with Gasteiger partial charge in [-0.05, 0) is 36.4 Å². The predicted molar refractivity (Wildman–Crippen MR) is 109 cm³/mol. The topological polar surface area (TPSA) is 168 Å². The van der Waals surface area contributed by atoms with Gasteiger partial charge in [0, 0.05) is 23.1 Å². The number of nitrogen functional groups attached to an aromatic ring is 1. The predicted octanol–water partition coefficient (Wildman–Crippen LogP) is 2.37. The summed E-state index contributed by atoms with van der Waals surface area (Å²) >= 11 is 0. The van der Waals surface area contributed by atoms with Gasteiger partial charge in [0.25, 0.3) is 5.91 Å². The minimum atomic E-state index is -1.34. The van der Waals surface area contributed by atoms with Crippen LogP contribution in [0.25, 0.3) is 5.69 Å². The standard InChI is InChI=1S/C21H16N4O6/c1-31-21(30)18-17(23)12(9-22)10-25(18)14-4-2-3-11(7-14)19(27)24-13-5-6-16(26)15(8-13)20(28)29/h2-8,10,26H,23H2,1H3,(H,24,27)(H,28,29). The van der Waals surface area contributed by atoms with Crippen molar-refractivity contribution in [3.05, 3.63) is 71.0 Å². The lowest BCUT2D eigenvalue weighted by Crippen LogP contribution is -2.14. The fourth-order valence-corrected chi connectivity index (χ4v) is 2.90. The SMILES string of the molecule is COC(=O)c1c(N)c(C#N)cn1-c1cccc(C(=O)Nc2ccc(O)c(C(=O)O)c2)c1. The Morgan fingerprint density at radius 3 is 2.58 bits per heavy atom. The van der Waals surface area contributed by atoms with Crippen molar-refractivity contribution >= 4 is 29.2 Å². The van der Waals surface area contributed by atoms with Gasteiger partial charge in [0.2, 0.25) is 0 Å². The number of anilines is 2. The van der Waals surface area contributed by atoms with E-state index in [1.807, 2.05) is 6.07 Å². The summed E-state index contributed by atoms with van der Waals surface area (Å²) in [5.74, 6) is -3.09. The maximum Gasteiger partial charge on any atom is 0.357 e. The van der Waals surface area contributed by atoms with Crippen molar-refractivity contribution in [3.63, 3.8) is 0 Å². The molecule has 3 rings (SSSR count). The Kier molecular flexibility index (Phi) is 5.61. The average molecular weight is 420 g/mol. The van der Waals surface area contributed by atoms with Crippen LogP contribution < -0.4 is 11.1 Å². The number of amides is 1. The maximum absolute atomic E-state index is 12.7. The van der Waals surface area contributed by atoms with E-state index in [2.05, 4.69) is 5.32 Å². The van der Waals surface area contributed by atoms with E-state index in [0.29, 0.717) is 5.69 Å². The number of rotatable bonds is 5. The minimum absolute atomic E-state index is 0.0468. The highest BCUT2D eigenvalue weighted by molar-refractivity contribution is 6.05. The zero-order valence-electron chi connectivity index (χ0n) is 16.1. The lowest BCUT2D eigenvalue weighted by molar-refractivity contribution is 0.0592. The third kappa shape index (κ3) is 4.01. The molecular formula is C21H16N4O6. The van der Waals surface area contributed by atoms with Gasteiger partial charge in [0.1, 0.15) is 17.4 Å². The molecule has 10 nitrogen and oxygen atoms in total. The summed E-state index contributed by atoms with van der Waals surface area (Å²) < 4.78 is 6.08. The molecule has 3 aromatic rings. The molecule has 1 aromatic heterocycles. The van der Waals surface area contributed by atoms with Crippen LogP contribution in [0.4, 0.5) is 11.4 Å². The van der Waals surface area contributed by atoms with Gasteiger partial charge in [-0.25, -0.2) is 9.59 Å². The summed E-state index contributed by atoms with van der Waals surface area (Å²) in [7, 11) is 1.18. The van der Waals surface area contributed by atoms with Gasteiger partial charge < -0.3 is 30.6 Å². The molecule has 5 N–H and O–H groups in total. The fourth-order valence-electron chi connectivity index (χ4n) is 2.90. The second-order valence-electron chi connectivity index (χ2n) is 6.32. The number of phenols is 1. The lowest BCUT2D eigenvalue weighted by atomic mass is 10.1. The number of carbonyl (C=O) groups excluding carboxylic acids is 2. The molecule has 0 saturated carbocycles. The molecule has 0 spiro atoms. The van der Waals surface area contributed by atoms with E-state index in [-0.39, 0.29) is 33.8 Å². The highest BCUT2D eigenvalue weighted by Gasteiger charge is 2.22. The quantitative estimate of drug-likeness (QED) is 0.360. The Hall–Kier alpha value is -4.78. The first-order valence-electron chi connectivity index (χ1n) is 8.74. The zero-order chi connectivity index (χ0) is 22.7. The van der Waals surface area contributed by atoms with Crippen LogP contribution in [-0.2, 0) is 4.74 Å². The number of hydrogen-bond acceptors (Lipinski definition) is 7. The number of aromatic nitrogens is 1. The van der Waals surface area contributed by atoms with Crippen LogP contribution in [0.3, 0.4) is 0 Å². The molecule has 0 aliphatic rings. The molecule has 0 saturated heterocycles. The molecule has 10 heteroatoms. The number of aromatic carboxylic acids is 1. The number of methoxy groups -OCH3 is 1. The summed E-state index contributed by atoms with van der Waals surface area (Å²) in [5.41, 5.74) is 6.22. The number of carbonyl (C=O) groups is 3. The zero-order valence-corrected chi connectivity index (χ0v) is 16.1. The molecule has 0 bridgehead atoms. The molecule has 0 atom stereocenters. The van der Waals surface area contributed by atoms with Crippen LogP contribution >= 0.6 is 0 Å². The number of carboxylic acid groups (broad SMARTS) is 1. The van der Waals surface area contributed by atoms with Crippen LogP contribution in [0.5, 0.6) is 5.75 Å². The molecule has 0 radical (unpaired) electrons. The van der Waals surface area contributed by atoms with E-state index < -0.39 is 23.6 Å². The largest absolute Gasteiger partial charge is 0.507 e. The number of esters is 1. The van der Waals surface area contributed by atoms with E-state index in [4.69, 9.17) is 15.6 Å². The Morgan fingerprint density at radius 2 is 1.94 bits per heavy atom. The van der Waals surface area contributed by atoms with Crippen molar-refractivity contribution in [1.29, 1.82) is 5.26 Å². The third-order valence-corrected chi connectivity index (χ3v) is 4.41. The van der Waals surface area contributed by atoms with E-state index >= 15 is 0 Å². The van der Waals surface area contributed by atoms with Crippen molar-refractivity contribution in [2.45, 2.75) is 0 Å². The van der Waals surface area contributed by atoms with Crippen LogP contribution in [0.2, 0.25) is 0 Å². The molecule has 31 heavy (non-hydrogen) atoms. The van der Waals surface area contributed by atoms with Crippen molar-refractivity contribution in [3.8, 4) is 17.5 Å². The van der Waals surface area contributed by atoms with Gasteiger partial charge in [0.05, 0.1) is 18.4 Å². The maximum atomic E-state index is 12.7. The van der Waals surface area contributed by atoms with Crippen molar-refractivity contribution < 1.29 is 29.3 Å². The Balaban J connectivity index is 1.97. The molecule has 156 valence electrons. The average Bonchev–Trinajstić information content (AvgIpc) is 3.10. The summed E-state index contributed by atoms with van der Waals surface area (Å²) in [6.45, 7) is 0. The monoisotopic (exact) mass is 420 g/mol. The number of nitrogens with zero attached hydrogens (tertiary/aromatic N) is 2. The molecule has 0 unspecified atom stereocenters. The number of nitriles is 1. The first-order chi connectivity index (χ1) is 14.8. The first-order valence-corrected chi connectivity index (χ1v) is 8.74. The van der Waals surface area contributed by atoms with E-state index in [0.717, 1.165) is 12.1 Å². The molecule has 0 aliphatic heterocycles. The summed E-state index contributed by atoms with van der Waals surface area (Å²) in [5, 5.41) is 30.5. The van der Waals surface area contributed by atoms with E-state index in [1.165, 1.54) is 36.1 Å². The van der Waals surface area contributed by atoms with E-state index in [9.17, 15) is 24.8 Å². The van der Waals surface area contributed by atoms with Gasteiger partial charge in [-0.3, -0.25) is 4.79 Å². The normalized spacial score (nSPS) is 10.2. The number of hydrogen-bond donors (Lipinski definition) is 4. The highest BCUT2D eigenvalue weighted by atomic mass is 16.5. The van der Waals surface area contributed by atoms with Crippen LogP contribution in [0.15, 0.2) is 48.7 Å². The molecule has 2 aromatic carbocycles. The molecule has 0 fully saturated rings. The van der Waals surface area contributed by atoms with Gasteiger partial charge in [-0.1, -0.05) is 6.07 Å². The molecule has 0 aliphatic carbocycles. The Morgan fingerprint density at radius 1 is 1.19 bits per heavy atom. The third-order valence-electron chi connectivity index (χ3n) is 4.41. The number of carboxylic acids is 1. The van der Waals surface area contributed by atoms with Crippen LogP contribution in [0, 0.1) is 11.3 Å². The van der Waals surface area contributed by atoms with Crippen molar-refractivity contribution in [2.24, 2.45) is 0 Å². The van der Waals surface area contributed by atoms with Crippen LogP contribution in [0.1, 0.15) is 36.8 Å². The number of ether oxygens (including phenoxy) is 1. The van der Waals surface area contributed by atoms with Gasteiger partial charge in [-0.2, -0.15) is 5.26 Å². The first kappa shape index (κ1) is 20.9. The van der Waals surface area contributed by atoms with Gasteiger partial charge >= 0.3 is 11.9 Å². The summed E-state index contributed by atoms with van der Waals surface area (Å²) in [6, 6.07) is 11.7. The summed E-state index contributed by atoms with van der Waals surface area (Å²) in [4.78, 5) is 36.0. The second kappa shape index (κ2) is 8.30. The molecule has 1 heterocycles. The fraction of sp³-hybridized carbons (Fsp3) is 0.0476. The lowest BCUT2D eigenvalue weighted by Gasteiger charge is -2.11. The number of nitrogens with one attached hydrogen (secondary N) is 1. The Labute approximate surface area is 175 Å². The van der Waals surface area contributed by atoms with Gasteiger partial charge in [0.15, 0.2) is 5.69 Å². The van der Waals surface area contributed by atoms with Gasteiger partial charge in [-0.15, -0.1) is 0 Å². The summed E-state index contributed by atoms with van der Waals surface area (Å²) in [6.07, 6.45) is 1.36. The number of aromatic hydroxyl groups is 1. The molecular weight excluding hydrogens is 404 g/mol. The smallest absolute Gasteiger partial charge is 0.357 e. The second-order valence-corrected chi connectivity index (χ2v) is 6.32. The minimum Gasteiger partial charge on any atom is -0.507 e. The van der Waals surface area contributed by atoms with Crippen molar-refractivity contribution in [2.75, 3.05) is 18.2 Å². The number of benzene rings is 2. The van der Waals surface area contributed by atoms with E-state index in [1.54, 1.807) is 12.1 Å². The molecule has 1 amide bonds. The van der Waals surface area contributed by atoms with Crippen molar-refractivity contribution in [1.82, 2.24) is 4.57 Å². The Bertz CT molecular complexity index is 1260. The van der Waals surface area contributed by atoms with Crippen LogP contribution in [-0.4, -0.2) is 39.7 Å². The highest BCUT2D eigenvalue weighted by Crippen LogP contribution is 2.26.